The van der Waals surface area contributed by atoms with Gasteiger partial charge in [0.05, 0.1) is 4.90 Å². The summed E-state index contributed by atoms with van der Waals surface area (Å²) >= 11 is 12.1. The first-order chi connectivity index (χ1) is 12.1. The summed E-state index contributed by atoms with van der Waals surface area (Å²) in [6, 6.07) is 10.5. The average molecular weight is 415 g/mol. The molecule has 0 heterocycles. The zero-order valence-electron chi connectivity index (χ0n) is 13.7. The molecule has 0 amide bonds. The normalized spacial score (nSPS) is 12.6. The SMILES string of the molecule is CS(=O)(=O)c1ccc(/C(=C(/CCO)C(=O)O)c2cc(Cl)cc(Cl)c2)cc1. The number of rotatable bonds is 6. The quantitative estimate of drug-likeness (QED) is 0.703. The van der Waals surface area contributed by atoms with Crippen LogP contribution in [0.3, 0.4) is 0 Å². The standard InChI is InChI=1S/C18H16Cl2O5S/c1-26(24,25)15-4-2-11(3-5-15)17(16(6-7-21)18(22)23)12-8-13(19)10-14(20)9-12/h2-5,8-10,21H,6-7H2,1H3,(H,22,23)/b17-16+. The maximum absolute atomic E-state index is 11.7. The summed E-state index contributed by atoms with van der Waals surface area (Å²) in [4.78, 5) is 11.9. The van der Waals surface area contributed by atoms with Crippen LogP contribution in [0.25, 0.3) is 5.57 Å². The van der Waals surface area contributed by atoms with E-state index in [-0.39, 0.29) is 23.5 Å². The number of aliphatic hydroxyl groups is 1. The fraction of sp³-hybridized carbons (Fsp3) is 0.167. The molecule has 2 rings (SSSR count). The largest absolute Gasteiger partial charge is 0.478 e. The first-order valence-corrected chi connectivity index (χ1v) is 10.1. The van der Waals surface area contributed by atoms with Crippen molar-refractivity contribution in [3.05, 3.63) is 69.2 Å². The number of sulfone groups is 1. The molecule has 0 aliphatic rings. The van der Waals surface area contributed by atoms with Crippen molar-refractivity contribution in [3.63, 3.8) is 0 Å². The van der Waals surface area contributed by atoms with Gasteiger partial charge in [0.15, 0.2) is 9.84 Å². The molecule has 26 heavy (non-hydrogen) atoms. The molecule has 0 unspecified atom stereocenters. The number of halogens is 2. The Kier molecular flexibility index (Phi) is 6.47. The van der Waals surface area contributed by atoms with E-state index >= 15 is 0 Å². The molecule has 0 aliphatic heterocycles. The van der Waals surface area contributed by atoms with E-state index in [1.807, 2.05) is 0 Å². The lowest BCUT2D eigenvalue weighted by atomic mass is 9.91. The van der Waals surface area contributed by atoms with Crippen molar-refractivity contribution in [2.24, 2.45) is 0 Å². The van der Waals surface area contributed by atoms with Crippen LogP contribution in [0.15, 0.2) is 52.9 Å². The highest BCUT2D eigenvalue weighted by Gasteiger charge is 2.19. The number of aliphatic carboxylic acids is 1. The van der Waals surface area contributed by atoms with Crippen LogP contribution in [0.1, 0.15) is 17.5 Å². The highest BCUT2D eigenvalue weighted by atomic mass is 35.5. The number of hydrogen-bond donors (Lipinski definition) is 2. The predicted molar refractivity (Wildman–Crippen MR) is 101 cm³/mol. The minimum Gasteiger partial charge on any atom is -0.478 e. The van der Waals surface area contributed by atoms with E-state index in [1.54, 1.807) is 12.1 Å². The summed E-state index contributed by atoms with van der Waals surface area (Å²) in [6.45, 7) is -0.360. The Morgan fingerprint density at radius 2 is 1.54 bits per heavy atom. The van der Waals surface area contributed by atoms with Gasteiger partial charge in [-0.3, -0.25) is 0 Å². The van der Waals surface area contributed by atoms with E-state index in [1.165, 1.54) is 30.3 Å². The Labute approximate surface area is 161 Å². The van der Waals surface area contributed by atoms with Crippen LogP contribution in [0, 0.1) is 0 Å². The second kappa shape index (κ2) is 8.22. The molecular formula is C18H16Cl2O5S. The van der Waals surface area contributed by atoms with Gasteiger partial charge >= 0.3 is 5.97 Å². The molecule has 0 atom stereocenters. The molecule has 0 saturated carbocycles. The summed E-state index contributed by atoms with van der Waals surface area (Å²) in [5.74, 6) is -1.20. The fourth-order valence-corrected chi connectivity index (χ4v) is 3.69. The molecule has 2 aromatic carbocycles. The Balaban J connectivity index is 2.76. The van der Waals surface area contributed by atoms with Crippen LogP contribution in [-0.4, -0.2) is 37.5 Å². The third kappa shape index (κ3) is 4.86. The van der Waals surface area contributed by atoms with E-state index < -0.39 is 15.8 Å². The zero-order chi connectivity index (χ0) is 19.5. The number of carbonyl (C=O) groups is 1. The van der Waals surface area contributed by atoms with Gasteiger partial charge in [0.1, 0.15) is 0 Å². The highest BCUT2D eigenvalue weighted by molar-refractivity contribution is 7.90. The molecule has 2 aromatic rings. The van der Waals surface area contributed by atoms with E-state index in [0.29, 0.717) is 26.7 Å². The van der Waals surface area contributed by atoms with Gasteiger partial charge in [-0.1, -0.05) is 35.3 Å². The zero-order valence-corrected chi connectivity index (χ0v) is 16.1. The lowest BCUT2D eigenvalue weighted by Crippen LogP contribution is -2.08. The van der Waals surface area contributed by atoms with Crippen molar-refractivity contribution in [2.45, 2.75) is 11.3 Å². The van der Waals surface area contributed by atoms with Crippen molar-refractivity contribution in [3.8, 4) is 0 Å². The molecule has 5 nitrogen and oxygen atoms in total. The monoisotopic (exact) mass is 414 g/mol. The average Bonchev–Trinajstić information content (AvgIpc) is 2.53. The van der Waals surface area contributed by atoms with Crippen molar-refractivity contribution in [1.82, 2.24) is 0 Å². The Hall–Kier alpha value is -1.86. The first-order valence-electron chi connectivity index (χ1n) is 7.47. The summed E-state index contributed by atoms with van der Waals surface area (Å²) in [7, 11) is -3.38. The number of hydrogen-bond acceptors (Lipinski definition) is 4. The number of benzene rings is 2. The smallest absolute Gasteiger partial charge is 0.332 e. The topological polar surface area (TPSA) is 91.7 Å². The van der Waals surface area contributed by atoms with Crippen LogP contribution in [0.2, 0.25) is 10.0 Å². The van der Waals surface area contributed by atoms with Crippen molar-refractivity contribution < 1.29 is 23.4 Å². The van der Waals surface area contributed by atoms with Crippen LogP contribution in [0.5, 0.6) is 0 Å². The van der Waals surface area contributed by atoms with Gasteiger partial charge in [0, 0.05) is 34.9 Å². The van der Waals surface area contributed by atoms with Crippen molar-refractivity contribution in [2.75, 3.05) is 12.9 Å². The van der Waals surface area contributed by atoms with E-state index in [4.69, 9.17) is 23.2 Å². The van der Waals surface area contributed by atoms with Crippen LogP contribution in [0.4, 0.5) is 0 Å². The molecule has 8 heteroatoms. The van der Waals surface area contributed by atoms with Gasteiger partial charge in [-0.05, 0) is 47.0 Å². The summed E-state index contributed by atoms with van der Waals surface area (Å²) in [6.07, 6.45) is 0.993. The molecular weight excluding hydrogens is 399 g/mol. The lowest BCUT2D eigenvalue weighted by Gasteiger charge is -2.14. The minimum atomic E-state index is -3.38. The lowest BCUT2D eigenvalue weighted by molar-refractivity contribution is -0.132. The van der Waals surface area contributed by atoms with Gasteiger partial charge in [-0.25, -0.2) is 13.2 Å². The second-order valence-corrected chi connectivity index (χ2v) is 8.48. The first kappa shape index (κ1) is 20.5. The van der Waals surface area contributed by atoms with Crippen molar-refractivity contribution in [1.29, 1.82) is 0 Å². The molecule has 0 spiro atoms. The third-order valence-electron chi connectivity index (χ3n) is 3.64. The van der Waals surface area contributed by atoms with Crippen LogP contribution >= 0.6 is 23.2 Å². The highest BCUT2D eigenvalue weighted by Crippen LogP contribution is 2.33. The van der Waals surface area contributed by atoms with Gasteiger partial charge in [-0.2, -0.15) is 0 Å². The van der Waals surface area contributed by atoms with E-state index in [2.05, 4.69) is 0 Å². The van der Waals surface area contributed by atoms with Crippen LogP contribution < -0.4 is 0 Å². The number of aliphatic hydroxyl groups excluding tert-OH is 1. The van der Waals surface area contributed by atoms with Gasteiger partial charge in [0.25, 0.3) is 0 Å². The summed E-state index contributed by atoms with van der Waals surface area (Å²) in [5, 5.41) is 19.5. The Bertz CT molecular complexity index is 943. The summed E-state index contributed by atoms with van der Waals surface area (Å²) < 4.78 is 23.3. The maximum Gasteiger partial charge on any atom is 0.332 e. The molecule has 0 bridgehead atoms. The molecule has 0 radical (unpaired) electrons. The maximum atomic E-state index is 11.7. The van der Waals surface area contributed by atoms with Gasteiger partial charge in [0.2, 0.25) is 0 Å². The van der Waals surface area contributed by atoms with Crippen molar-refractivity contribution >= 4 is 44.6 Å². The Morgan fingerprint density at radius 1 is 1.00 bits per heavy atom. The van der Waals surface area contributed by atoms with Crippen LogP contribution in [-0.2, 0) is 14.6 Å². The second-order valence-electron chi connectivity index (χ2n) is 5.59. The van der Waals surface area contributed by atoms with E-state index in [0.717, 1.165) is 6.26 Å². The molecule has 0 aromatic heterocycles. The number of carboxylic acids is 1. The number of carboxylic acid groups (broad SMARTS) is 1. The molecule has 0 saturated heterocycles. The molecule has 0 fully saturated rings. The summed E-state index contributed by atoms with van der Waals surface area (Å²) in [5.41, 5.74) is 1.22. The minimum absolute atomic E-state index is 0.0297. The van der Waals surface area contributed by atoms with Gasteiger partial charge < -0.3 is 10.2 Å². The third-order valence-corrected chi connectivity index (χ3v) is 5.21. The van der Waals surface area contributed by atoms with E-state index in [9.17, 15) is 23.4 Å². The van der Waals surface area contributed by atoms with Gasteiger partial charge in [-0.15, -0.1) is 0 Å². The predicted octanol–water partition coefficient (Wildman–Crippen LogP) is 3.67. The molecule has 138 valence electrons. The molecule has 2 N–H and O–H groups in total. The Morgan fingerprint density at radius 3 is 1.96 bits per heavy atom. The molecule has 0 aliphatic carbocycles. The fourth-order valence-electron chi connectivity index (χ4n) is 2.53.